The van der Waals surface area contributed by atoms with Crippen LogP contribution in [0, 0.1) is 12.7 Å². The second-order valence-corrected chi connectivity index (χ2v) is 15.8. The number of halogens is 1. The van der Waals surface area contributed by atoms with Crippen LogP contribution in [0.5, 0.6) is 0 Å². The molecule has 6 aromatic rings. The highest BCUT2D eigenvalue weighted by molar-refractivity contribution is 5.93. The lowest BCUT2D eigenvalue weighted by atomic mass is 9.75. The summed E-state index contributed by atoms with van der Waals surface area (Å²) in [4.78, 5) is 0. The Hall–Kier alpha value is -3.97. The number of rotatable bonds is 5. The molecule has 0 aromatic heterocycles. The van der Waals surface area contributed by atoms with Gasteiger partial charge in [-0.3, -0.25) is 0 Å². The van der Waals surface area contributed by atoms with Crippen molar-refractivity contribution in [3.8, 4) is 0 Å². The van der Waals surface area contributed by atoms with Crippen LogP contribution in [0.15, 0.2) is 97.1 Å². The van der Waals surface area contributed by atoms with Gasteiger partial charge in [-0.25, -0.2) is 4.39 Å². The summed E-state index contributed by atoms with van der Waals surface area (Å²) in [7, 11) is 0. The molecule has 0 aliphatic carbocycles. The lowest BCUT2D eigenvalue weighted by Crippen LogP contribution is -2.22. The van der Waals surface area contributed by atoms with Gasteiger partial charge in [-0.2, -0.15) is 0 Å². The Labute approximate surface area is 269 Å². The van der Waals surface area contributed by atoms with Crippen LogP contribution < -0.4 is 0 Å². The van der Waals surface area contributed by atoms with Crippen molar-refractivity contribution in [2.45, 2.75) is 91.4 Å². The minimum atomic E-state index is -0.389. The number of hydrogen-bond donors (Lipinski definition) is 0. The van der Waals surface area contributed by atoms with E-state index in [-0.39, 0.29) is 22.1 Å². The Balaban J connectivity index is 1.52. The summed E-state index contributed by atoms with van der Waals surface area (Å²) in [5, 5.41) is 7.27. The number of benzene rings is 6. The molecule has 0 radical (unpaired) electrons. The van der Waals surface area contributed by atoms with Crippen molar-refractivity contribution in [1.29, 1.82) is 0 Å². The van der Waals surface area contributed by atoms with Crippen LogP contribution in [-0.4, -0.2) is 0 Å². The van der Waals surface area contributed by atoms with Gasteiger partial charge in [0.05, 0.1) is 0 Å². The highest BCUT2D eigenvalue weighted by Gasteiger charge is 2.28. The van der Waals surface area contributed by atoms with Crippen molar-refractivity contribution < 1.29 is 4.39 Å². The van der Waals surface area contributed by atoms with E-state index in [4.69, 9.17) is 0 Å². The van der Waals surface area contributed by atoms with E-state index in [9.17, 15) is 0 Å². The van der Waals surface area contributed by atoms with Crippen LogP contribution in [0.1, 0.15) is 94.3 Å². The first-order valence-corrected chi connectivity index (χ1v) is 16.4. The fourth-order valence-electron chi connectivity index (χ4n) is 7.22. The highest BCUT2D eigenvalue weighted by Crippen LogP contribution is 2.40. The van der Waals surface area contributed by atoms with Gasteiger partial charge in [0.15, 0.2) is 0 Å². The zero-order chi connectivity index (χ0) is 32.3. The molecule has 0 N–H and O–H groups in total. The first-order chi connectivity index (χ1) is 21.1. The molecular formula is C44H47F. The van der Waals surface area contributed by atoms with E-state index in [0.29, 0.717) is 0 Å². The molecule has 0 unspecified atom stereocenters. The van der Waals surface area contributed by atoms with Crippen LogP contribution in [0.2, 0.25) is 0 Å². The fourth-order valence-corrected chi connectivity index (χ4v) is 7.22. The van der Waals surface area contributed by atoms with E-state index in [2.05, 4.69) is 129 Å². The summed E-state index contributed by atoms with van der Waals surface area (Å²) in [6.07, 6.45) is 1.61. The molecule has 0 nitrogen and oxygen atoms in total. The Morgan fingerprint density at radius 1 is 0.533 bits per heavy atom. The van der Waals surface area contributed by atoms with Crippen molar-refractivity contribution in [2.24, 2.45) is 0 Å². The molecule has 0 fully saturated rings. The van der Waals surface area contributed by atoms with Crippen molar-refractivity contribution in [1.82, 2.24) is 0 Å². The molecule has 0 saturated carbocycles. The fraction of sp³-hybridized carbons (Fsp3) is 0.318. The maximum Gasteiger partial charge on any atom is 0.127 e. The largest absolute Gasteiger partial charge is 0.207 e. The Morgan fingerprint density at radius 3 is 1.87 bits per heavy atom. The summed E-state index contributed by atoms with van der Waals surface area (Å²) >= 11 is 0. The topological polar surface area (TPSA) is 0 Å². The van der Waals surface area contributed by atoms with Gasteiger partial charge in [-0.05, 0) is 119 Å². The van der Waals surface area contributed by atoms with Gasteiger partial charge < -0.3 is 0 Å². The van der Waals surface area contributed by atoms with Crippen molar-refractivity contribution >= 4 is 32.3 Å². The van der Waals surface area contributed by atoms with Crippen LogP contribution in [0.4, 0.5) is 4.39 Å². The van der Waals surface area contributed by atoms with Gasteiger partial charge in [0.2, 0.25) is 0 Å². The van der Waals surface area contributed by atoms with E-state index in [0.717, 1.165) is 29.2 Å². The summed E-state index contributed by atoms with van der Waals surface area (Å²) < 4.78 is 15.6. The molecule has 230 valence electrons. The maximum atomic E-state index is 15.6. The normalized spacial score (nSPS) is 12.8. The third-order valence-corrected chi connectivity index (χ3v) is 9.80. The maximum absolute atomic E-state index is 15.6. The summed E-state index contributed by atoms with van der Waals surface area (Å²) in [6, 6.07) is 34.8. The van der Waals surface area contributed by atoms with Crippen LogP contribution in [0.25, 0.3) is 32.3 Å². The molecule has 0 atom stereocenters. The third kappa shape index (κ3) is 5.90. The molecule has 0 saturated heterocycles. The lowest BCUT2D eigenvalue weighted by molar-refractivity contribution is 0.483. The van der Waals surface area contributed by atoms with E-state index in [1.54, 1.807) is 6.07 Å². The molecule has 0 spiro atoms. The van der Waals surface area contributed by atoms with E-state index in [1.165, 1.54) is 54.9 Å². The number of aryl methyl sites for hydroxylation is 1. The van der Waals surface area contributed by atoms with Crippen molar-refractivity contribution in [3.63, 3.8) is 0 Å². The quantitative estimate of drug-likeness (QED) is 0.186. The predicted octanol–water partition coefficient (Wildman–Crippen LogP) is 12.3. The van der Waals surface area contributed by atoms with E-state index < -0.39 is 0 Å². The molecule has 45 heavy (non-hydrogen) atoms. The van der Waals surface area contributed by atoms with Crippen LogP contribution in [-0.2, 0) is 29.1 Å². The van der Waals surface area contributed by atoms with Crippen molar-refractivity contribution in [3.05, 3.63) is 142 Å². The zero-order valence-corrected chi connectivity index (χ0v) is 28.5. The predicted molar refractivity (Wildman–Crippen MR) is 193 cm³/mol. The average Bonchev–Trinajstić information content (AvgIpc) is 2.96. The monoisotopic (exact) mass is 594 g/mol. The van der Waals surface area contributed by atoms with Gasteiger partial charge in [-0.15, -0.1) is 0 Å². The summed E-state index contributed by atoms with van der Waals surface area (Å²) in [5.41, 5.74) is 8.52. The minimum absolute atomic E-state index is 0.0135. The molecule has 0 aliphatic rings. The summed E-state index contributed by atoms with van der Waals surface area (Å²) in [5.74, 6) is -0.129. The van der Waals surface area contributed by atoms with Gasteiger partial charge in [0, 0.05) is 0 Å². The first kappa shape index (κ1) is 31.0. The minimum Gasteiger partial charge on any atom is -0.207 e. The standard InChI is InChI=1S/C44H47F/c1-28-14-12-18-34-32(22-33(26-37(28)34)42(2,3)4)23-38-36-19-13-17-31(35(36)20-21-39(38)43(5,6)7)27-44(8,9)40-24-29-15-10-11-16-30(29)25-41(40)45/h10-22,24-26H,23,27H2,1-9H3. The smallest absolute Gasteiger partial charge is 0.127 e. The zero-order valence-electron chi connectivity index (χ0n) is 28.5. The summed E-state index contributed by atoms with van der Waals surface area (Å²) in [6.45, 7) is 20.5. The van der Waals surface area contributed by atoms with E-state index >= 15 is 4.39 Å². The molecule has 0 heterocycles. The SMILES string of the molecule is Cc1cccc2c(Cc3c(C(C)(C)C)ccc4c(CC(C)(C)c5cc6ccccc6cc5F)cccc34)cc(C(C)(C)C)cc12. The average molecular weight is 595 g/mol. The molecule has 0 bridgehead atoms. The second-order valence-electron chi connectivity index (χ2n) is 15.8. The number of hydrogen-bond acceptors (Lipinski definition) is 0. The molecule has 0 aliphatic heterocycles. The van der Waals surface area contributed by atoms with Crippen LogP contribution in [0.3, 0.4) is 0 Å². The van der Waals surface area contributed by atoms with Gasteiger partial charge in [-0.1, -0.05) is 140 Å². The molecule has 1 heteroatoms. The molecular weight excluding hydrogens is 547 g/mol. The first-order valence-electron chi connectivity index (χ1n) is 16.4. The molecule has 0 amide bonds. The van der Waals surface area contributed by atoms with Crippen molar-refractivity contribution in [2.75, 3.05) is 0 Å². The molecule has 6 rings (SSSR count). The Kier molecular flexibility index (Phi) is 7.67. The highest BCUT2D eigenvalue weighted by atomic mass is 19.1. The lowest BCUT2D eigenvalue weighted by Gasteiger charge is -2.29. The van der Waals surface area contributed by atoms with Crippen LogP contribution >= 0.6 is 0 Å². The van der Waals surface area contributed by atoms with Gasteiger partial charge >= 0.3 is 0 Å². The number of fused-ring (bicyclic) bond motifs is 3. The van der Waals surface area contributed by atoms with Gasteiger partial charge in [0.25, 0.3) is 0 Å². The third-order valence-electron chi connectivity index (χ3n) is 9.80. The second kappa shape index (κ2) is 11.1. The Bertz CT molecular complexity index is 2060. The Morgan fingerprint density at radius 2 is 1.18 bits per heavy atom. The van der Waals surface area contributed by atoms with E-state index in [1.807, 2.05) is 24.3 Å². The van der Waals surface area contributed by atoms with Gasteiger partial charge in [0.1, 0.15) is 5.82 Å². The molecule has 6 aromatic carbocycles.